The van der Waals surface area contributed by atoms with Gasteiger partial charge < -0.3 is 5.73 Å². The maximum Gasteiger partial charge on any atom is 0.181 e. The first-order chi connectivity index (χ1) is 8.20. The van der Waals surface area contributed by atoms with Crippen LogP contribution in [0.2, 0.25) is 0 Å². The minimum Gasteiger partial charge on any atom is -0.375 e. The van der Waals surface area contributed by atoms with Gasteiger partial charge in [-0.1, -0.05) is 31.3 Å². The van der Waals surface area contributed by atoms with Gasteiger partial charge in [0.2, 0.25) is 0 Å². The molecule has 0 saturated heterocycles. The Kier molecular flexibility index (Phi) is 4.02. The summed E-state index contributed by atoms with van der Waals surface area (Å²) in [5.41, 5.74) is 7.52. The van der Waals surface area contributed by atoms with Gasteiger partial charge in [0.1, 0.15) is 0 Å². The van der Waals surface area contributed by atoms with Crippen LogP contribution in [0.3, 0.4) is 0 Å². The van der Waals surface area contributed by atoms with Crippen molar-refractivity contribution in [1.29, 1.82) is 0 Å². The molecule has 17 heavy (non-hydrogen) atoms. The molecule has 3 nitrogen and oxygen atoms in total. The molecule has 0 aromatic carbocycles. The van der Waals surface area contributed by atoms with Crippen molar-refractivity contribution < 1.29 is 0 Å². The lowest BCUT2D eigenvalue weighted by Crippen LogP contribution is -2.27. The van der Waals surface area contributed by atoms with Crippen molar-refractivity contribution in [2.24, 2.45) is 4.40 Å². The van der Waals surface area contributed by atoms with Crippen LogP contribution < -0.4 is 15.6 Å². The minimum atomic E-state index is 0.593. The summed E-state index contributed by atoms with van der Waals surface area (Å²) in [6, 6.07) is 0. The molecule has 0 unspecified atom stereocenters. The van der Waals surface area contributed by atoms with Crippen LogP contribution in [-0.4, -0.2) is 16.4 Å². The summed E-state index contributed by atoms with van der Waals surface area (Å²) in [4.78, 5) is 4.23. The molecule has 0 saturated carbocycles. The van der Waals surface area contributed by atoms with Crippen LogP contribution in [0.25, 0.3) is 12.2 Å². The number of nitrogens with zero attached hydrogens (tertiary/aromatic N) is 2. The third-order valence-corrected chi connectivity index (χ3v) is 4.00. The molecule has 1 aliphatic rings. The number of unbranched alkanes of at least 4 members (excludes halogenated alkanes) is 1. The third-order valence-electron chi connectivity index (χ3n) is 2.36. The molecule has 2 rings (SSSR count). The van der Waals surface area contributed by atoms with Crippen LogP contribution in [-0.2, 0) is 0 Å². The first kappa shape index (κ1) is 12.4. The Balaban J connectivity index is 2.21. The second kappa shape index (κ2) is 5.51. The van der Waals surface area contributed by atoms with Gasteiger partial charge in [0, 0.05) is 5.75 Å². The highest BCUT2D eigenvalue weighted by Gasteiger charge is 2.07. The molecule has 5 heteroatoms. The fourth-order valence-corrected chi connectivity index (χ4v) is 3.00. The van der Waals surface area contributed by atoms with Gasteiger partial charge in [-0.25, -0.2) is 9.38 Å². The maximum atomic E-state index is 5.68. The molecule has 0 spiro atoms. The average Bonchev–Trinajstić information content (AvgIpc) is 2.63. The highest BCUT2D eigenvalue weighted by Crippen LogP contribution is 2.12. The molecule has 0 aliphatic heterocycles. The topological polar surface area (TPSA) is 51.3 Å². The van der Waals surface area contributed by atoms with Crippen LogP contribution >= 0.6 is 23.3 Å². The molecule has 0 amide bonds. The maximum absolute atomic E-state index is 5.68. The number of hydrogen-bond donors (Lipinski definition) is 1. The van der Waals surface area contributed by atoms with Crippen LogP contribution in [0.1, 0.15) is 19.8 Å². The lowest BCUT2D eigenvalue weighted by molar-refractivity contribution is 0.897. The summed E-state index contributed by atoms with van der Waals surface area (Å²) in [5, 5.41) is 1.50. The number of rotatable bonds is 4. The summed E-state index contributed by atoms with van der Waals surface area (Å²) in [7, 11) is 0. The number of fused-ring (bicyclic) bond motifs is 1. The Labute approximate surface area is 109 Å². The first-order valence-corrected chi connectivity index (χ1v) is 7.31. The molecule has 2 N–H and O–H groups in total. The fourth-order valence-electron chi connectivity index (χ4n) is 1.43. The van der Waals surface area contributed by atoms with Gasteiger partial charge in [0.25, 0.3) is 0 Å². The molecular weight excluding hydrogens is 250 g/mol. The molecule has 1 aliphatic carbocycles. The van der Waals surface area contributed by atoms with Gasteiger partial charge in [0.05, 0.1) is 15.6 Å². The fraction of sp³-hybridized carbons (Fsp3) is 0.333. The monoisotopic (exact) mass is 265 g/mol. The SMILES string of the molecule is C=C1C=c2nc(N)sc2=CC1=NSCCCC. The van der Waals surface area contributed by atoms with E-state index in [1.165, 1.54) is 24.2 Å². The Morgan fingerprint density at radius 2 is 2.35 bits per heavy atom. The third kappa shape index (κ3) is 2.98. The number of allylic oxidation sites excluding steroid dienone is 1. The Morgan fingerprint density at radius 3 is 3.12 bits per heavy atom. The predicted molar refractivity (Wildman–Crippen MR) is 78.6 cm³/mol. The number of thiazole rings is 1. The van der Waals surface area contributed by atoms with E-state index < -0.39 is 0 Å². The van der Waals surface area contributed by atoms with Gasteiger partial charge >= 0.3 is 0 Å². The van der Waals surface area contributed by atoms with Gasteiger partial charge in [0.15, 0.2) is 5.13 Å². The molecular formula is C12H15N3S2. The number of nitrogen functional groups attached to an aromatic ring is 1. The van der Waals surface area contributed by atoms with Gasteiger partial charge in [-0.2, -0.15) is 0 Å². The van der Waals surface area contributed by atoms with Crippen molar-refractivity contribution in [1.82, 2.24) is 4.98 Å². The van der Waals surface area contributed by atoms with Crippen molar-refractivity contribution in [3.63, 3.8) is 0 Å². The van der Waals surface area contributed by atoms with Crippen molar-refractivity contribution >= 4 is 46.3 Å². The summed E-state index contributed by atoms with van der Waals surface area (Å²) >= 11 is 3.09. The van der Waals surface area contributed by atoms with E-state index in [9.17, 15) is 0 Å². The number of nitrogens with two attached hydrogens (primary N) is 1. The van der Waals surface area contributed by atoms with Crippen molar-refractivity contribution in [2.45, 2.75) is 19.8 Å². The van der Waals surface area contributed by atoms with E-state index in [0.29, 0.717) is 5.13 Å². The molecule has 1 heterocycles. The minimum absolute atomic E-state index is 0.593. The Bertz CT molecular complexity index is 569. The zero-order valence-corrected chi connectivity index (χ0v) is 11.4. The van der Waals surface area contributed by atoms with Crippen LogP contribution in [0, 0.1) is 0 Å². The smallest absolute Gasteiger partial charge is 0.181 e. The van der Waals surface area contributed by atoms with Crippen molar-refractivity contribution in [2.75, 3.05) is 11.5 Å². The van der Waals surface area contributed by atoms with Gasteiger partial charge in [-0.05, 0) is 36.1 Å². The number of anilines is 1. The molecule has 0 atom stereocenters. The van der Waals surface area contributed by atoms with Crippen molar-refractivity contribution in [3.8, 4) is 0 Å². The molecule has 1 aromatic heterocycles. The number of aromatic nitrogens is 1. The van der Waals surface area contributed by atoms with Crippen molar-refractivity contribution in [3.05, 3.63) is 22.0 Å². The number of hydrogen-bond acceptors (Lipinski definition) is 5. The Hall–Kier alpha value is -1.07. The summed E-state index contributed by atoms with van der Waals surface area (Å²) in [6.07, 6.45) is 6.35. The van der Waals surface area contributed by atoms with Crippen LogP contribution in [0.4, 0.5) is 5.13 Å². The van der Waals surface area contributed by atoms with E-state index >= 15 is 0 Å². The lowest BCUT2D eigenvalue weighted by Gasteiger charge is -2.03. The van der Waals surface area contributed by atoms with Gasteiger partial charge in [-0.3, -0.25) is 0 Å². The molecule has 1 aromatic rings. The highest BCUT2D eigenvalue weighted by molar-refractivity contribution is 7.98. The van der Waals surface area contributed by atoms with E-state index in [1.807, 2.05) is 12.2 Å². The predicted octanol–water partition coefficient (Wildman–Crippen LogP) is 1.75. The van der Waals surface area contributed by atoms with E-state index in [-0.39, 0.29) is 0 Å². The van der Waals surface area contributed by atoms with E-state index in [2.05, 4.69) is 22.9 Å². The molecule has 0 fully saturated rings. The van der Waals surface area contributed by atoms with E-state index in [1.54, 1.807) is 11.9 Å². The van der Waals surface area contributed by atoms with Gasteiger partial charge in [-0.15, -0.1) is 0 Å². The quantitative estimate of drug-likeness (QED) is 0.666. The highest BCUT2D eigenvalue weighted by atomic mass is 32.2. The summed E-state index contributed by atoms with van der Waals surface area (Å²) < 4.78 is 5.57. The van der Waals surface area contributed by atoms with Crippen LogP contribution in [0.5, 0.6) is 0 Å². The lowest BCUT2D eigenvalue weighted by atomic mass is 10.1. The standard InChI is InChI=1S/C12H15N3S2/c1-3-4-5-16-15-9-7-11-10(6-8(9)2)14-12(13)17-11/h6-7H,2-5H2,1H3,(H2,13,14). The summed E-state index contributed by atoms with van der Waals surface area (Å²) in [6.45, 7) is 6.18. The Morgan fingerprint density at radius 1 is 1.53 bits per heavy atom. The molecule has 0 radical (unpaired) electrons. The van der Waals surface area contributed by atoms with E-state index in [0.717, 1.165) is 26.9 Å². The zero-order chi connectivity index (χ0) is 12.3. The summed E-state index contributed by atoms with van der Waals surface area (Å²) in [5.74, 6) is 1.05. The first-order valence-electron chi connectivity index (χ1n) is 5.55. The molecule has 90 valence electrons. The largest absolute Gasteiger partial charge is 0.375 e. The van der Waals surface area contributed by atoms with E-state index in [4.69, 9.17) is 5.73 Å². The average molecular weight is 265 g/mol. The van der Waals surface area contributed by atoms with Crippen LogP contribution in [0.15, 0.2) is 16.5 Å². The zero-order valence-electron chi connectivity index (χ0n) is 9.77. The second-order valence-electron chi connectivity index (χ2n) is 3.78. The normalized spacial score (nSPS) is 16.5. The second-order valence-corrected chi connectivity index (χ2v) is 5.69. The molecule has 0 bridgehead atoms.